The first-order valence-electron chi connectivity index (χ1n) is 11.6. The zero-order valence-corrected chi connectivity index (χ0v) is 18.2. The maximum Gasteiger partial charge on any atom is 0.251 e. The van der Waals surface area contributed by atoms with E-state index >= 15 is 0 Å². The van der Waals surface area contributed by atoms with Crippen LogP contribution in [0, 0.1) is 0 Å². The molecule has 166 valence electrons. The van der Waals surface area contributed by atoms with Crippen LogP contribution in [0.25, 0.3) is 0 Å². The van der Waals surface area contributed by atoms with Crippen molar-refractivity contribution in [1.29, 1.82) is 0 Å². The summed E-state index contributed by atoms with van der Waals surface area (Å²) >= 11 is 0. The number of nitrogens with zero attached hydrogens (tertiary/aromatic N) is 2. The van der Waals surface area contributed by atoms with Crippen LogP contribution in [0.5, 0.6) is 0 Å². The molecule has 6 nitrogen and oxygen atoms in total. The molecular weight excluding hydrogens is 388 g/mol. The highest BCUT2D eigenvalue weighted by atomic mass is 16.3. The monoisotopic (exact) mass is 422 g/mol. The van der Waals surface area contributed by atoms with E-state index in [1.807, 2.05) is 6.07 Å². The third-order valence-electron chi connectivity index (χ3n) is 6.42. The summed E-state index contributed by atoms with van der Waals surface area (Å²) in [4.78, 5) is 19.3. The third-order valence-corrected chi connectivity index (χ3v) is 6.42. The SMILES string of the molecule is O=C(NC[C@H](O)CN1CCc2ccccc2C1)c1ccnc(CCC2CCCCN2)c1. The zero-order chi connectivity index (χ0) is 21.5. The van der Waals surface area contributed by atoms with Gasteiger partial charge < -0.3 is 15.7 Å². The molecule has 31 heavy (non-hydrogen) atoms. The Morgan fingerprint density at radius 3 is 2.97 bits per heavy atom. The van der Waals surface area contributed by atoms with Gasteiger partial charge in [0.05, 0.1) is 6.10 Å². The molecule has 2 aliphatic heterocycles. The highest BCUT2D eigenvalue weighted by Gasteiger charge is 2.19. The fourth-order valence-electron chi connectivity index (χ4n) is 4.63. The van der Waals surface area contributed by atoms with Crippen LogP contribution in [0.15, 0.2) is 42.6 Å². The average Bonchev–Trinajstić information content (AvgIpc) is 2.82. The molecule has 0 aliphatic carbocycles. The van der Waals surface area contributed by atoms with E-state index in [9.17, 15) is 9.90 Å². The number of pyridine rings is 1. The van der Waals surface area contributed by atoms with Crippen molar-refractivity contribution in [3.63, 3.8) is 0 Å². The second-order valence-corrected chi connectivity index (χ2v) is 8.84. The normalized spacial score (nSPS) is 20.1. The summed E-state index contributed by atoms with van der Waals surface area (Å²) in [6, 6.07) is 12.7. The molecule has 3 N–H and O–H groups in total. The smallest absolute Gasteiger partial charge is 0.251 e. The number of carbonyl (C=O) groups excluding carboxylic acids is 1. The first-order chi connectivity index (χ1) is 15.2. The fraction of sp³-hybridized carbons (Fsp3) is 0.520. The quantitative estimate of drug-likeness (QED) is 0.609. The number of β-amino-alcohol motifs (C(OH)–C–C–N with tert-alkyl or cyclic N) is 1. The number of hydrogen-bond donors (Lipinski definition) is 3. The van der Waals surface area contributed by atoms with Crippen molar-refractivity contribution in [2.45, 2.75) is 57.2 Å². The Morgan fingerprint density at radius 2 is 2.13 bits per heavy atom. The van der Waals surface area contributed by atoms with Crippen LogP contribution < -0.4 is 10.6 Å². The molecule has 6 heteroatoms. The van der Waals surface area contributed by atoms with Crippen molar-refractivity contribution in [2.24, 2.45) is 0 Å². The predicted octanol–water partition coefficient (Wildman–Crippen LogP) is 2.31. The molecule has 1 saturated heterocycles. The minimum Gasteiger partial charge on any atom is -0.390 e. The molecule has 0 radical (unpaired) electrons. The van der Waals surface area contributed by atoms with E-state index in [0.29, 0.717) is 18.2 Å². The maximum absolute atomic E-state index is 12.6. The van der Waals surface area contributed by atoms with Gasteiger partial charge in [-0.15, -0.1) is 0 Å². The van der Waals surface area contributed by atoms with E-state index in [1.165, 1.54) is 30.4 Å². The number of benzene rings is 1. The molecule has 0 spiro atoms. The minimum absolute atomic E-state index is 0.150. The van der Waals surface area contributed by atoms with Crippen LogP contribution >= 0.6 is 0 Å². The van der Waals surface area contributed by atoms with Crippen molar-refractivity contribution in [3.8, 4) is 0 Å². The van der Waals surface area contributed by atoms with Gasteiger partial charge in [-0.3, -0.25) is 14.7 Å². The number of aromatic nitrogens is 1. The lowest BCUT2D eigenvalue weighted by molar-refractivity contribution is 0.0841. The summed E-state index contributed by atoms with van der Waals surface area (Å²) in [7, 11) is 0. The summed E-state index contributed by atoms with van der Waals surface area (Å²) in [6.45, 7) is 3.70. The lowest BCUT2D eigenvalue weighted by atomic mass is 9.99. The van der Waals surface area contributed by atoms with E-state index in [0.717, 1.165) is 44.6 Å². The minimum atomic E-state index is -0.590. The van der Waals surface area contributed by atoms with Crippen LogP contribution in [-0.4, -0.2) is 59.2 Å². The maximum atomic E-state index is 12.6. The van der Waals surface area contributed by atoms with E-state index in [2.05, 4.69) is 44.8 Å². The summed E-state index contributed by atoms with van der Waals surface area (Å²) in [5, 5.41) is 16.9. The van der Waals surface area contributed by atoms with Gasteiger partial charge in [-0.2, -0.15) is 0 Å². The first kappa shape index (κ1) is 21.9. The highest BCUT2D eigenvalue weighted by molar-refractivity contribution is 5.94. The van der Waals surface area contributed by atoms with Crippen molar-refractivity contribution in [2.75, 3.05) is 26.2 Å². The molecule has 2 aliphatic rings. The van der Waals surface area contributed by atoms with Gasteiger partial charge in [-0.1, -0.05) is 30.7 Å². The van der Waals surface area contributed by atoms with Crippen molar-refractivity contribution in [1.82, 2.24) is 20.5 Å². The Balaban J connectivity index is 1.22. The van der Waals surface area contributed by atoms with Gasteiger partial charge in [-0.25, -0.2) is 0 Å². The van der Waals surface area contributed by atoms with Crippen LogP contribution in [-0.2, 0) is 19.4 Å². The largest absolute Gasteiger partial charge is 0.390 e. The average molecular weight is 423 g/mol. The van der Waals surface area contributed by atoms with Gasteiger partial charge in [0.2, 0.25) is 0 Å². The summed E-state index contributed by atoms with van der Waals surface area (Å²) in [5.41, 5.74) is 4.29. The molecule has 2 aromatic rings. The van der Waals surface area contributed by atoms with Crippen LogP contribution in [0.3, 0.4) is 0 Å². The number of aryl methyl sites for hydroxylation is 1. The number of hydrogen-bond acceptors (Lipinski definition) is 5. The molecular formula is C25H34N4O2. The molecule has 1 aromatic carbocycles. The fourth-order valence-corrected chi connectivity index (χ4v) is 4.63. The van der Waals surface area contributed by atoms with E-state index < -0.39 is 6.10 Å². The van der Waals surface area contributed by atoms with Crippen molar-refractivity contribution in [3.05, 3.63) is 65.0 Å². The standard InChI is InChI=1S/C25H34N4O2/c30-24(18-29-14-11-19-5-1-2-6-21(19)17-29)16-28-25(31)20-10-13-27-23(15-20)9-8-22-7-3-4-12-26-22/h1-2,5-6,10,13,15,22,24,26,30H,3-4,7-9,11-12,14,16-18H2,(H,28,31)/t22?,24-/m0/s1. The zero-order valence-electron chi connectivity index (χ0n) is 18.2. The second kappa shape index (κ2) is 10.8. The Bertz CT molecular complexity index is 866. The Hall–Kier alpha value is -2.28. The summed E-state index contributed by atoms with van der Waals surface area (Å²) < 4.78 is 0. The number of piperidine rings is 1. The molecule has 3 heterocycles. The Labute approximate surface area is 185 Å². The van der Waals surface area contributed by atoms with E-state index in [1.54, 1.807) is 12.3 Å². The number of aliphatic hydroxyl groups excluding tert-OH is 1. The summed E-state index contributed by atoms with van der Waals surface area (Å²) in [6.07, 6.45) is 7.83. The molecule has 2 atom stereocenters. The van der Waals surface area contributed by atoms with Gasteiger partial charge in [-0.05, 0) is 61.9 Å². The van der Waals surface area contributed by atoms with Crippen molar-refractivity contribution >= 4 is 5.91 Å². The number of nitrogens with one attached hydrogen (secondary N) is 2. The van der Waals surface area contributed by atoms with E-state index in [-0.39, 0.29) is 12.5 Å². The third kappa shape index (κ3) is 6.35. The van der Waals surface area contributed by atoms with Gasteiger partial charge in [0.1, 0.15) is 0 Å². The summed E-state index contributed by atoms with van der Waals surface area (Å²) in [5.74, 6) is -0.150. The van der Waals surface area contributed by atoms with Gasteiger partial charge in [0, 0.05) is 49.7 Å². The van der Waals surface area contributed by atoms with Crippen molar-refractivity contribution < 1.29 is 9.90 Å². The van der Waals surface area contributed by atoms with E-state index in [4.69, 9.17) is 0 Å². The number of rotatable bonds is 8. The molecule has 1 aromatic heterocycles. The molecule has 4 rings (SSSR count). The molecule has 1 amide bonds. The van der Waals surface area contributed by atoms with Gasteiger partial charge in [0.15, 0.2) is 0 Å². The van der Waals surface area contributed by atoms with Crippen LogP contribution in [0.1, 0.15) is 52.9 Å². The number of aliphatic hydroxyl groups is 1. The Morgan fingerprint density at radius 1 is 1.26 bits per heavy atom. The lowest BCUT2D eigenvalue weighted by Crippen LogP contribution is -2.42. The Kier molecular flexibility index (Phi) is 7.67. The molecule has 1 fully saturated rings. The number of amides is 1. The number of fused-ring (bicyclic) bond motifs is 1. The topological polar surface area (TPSA) is 77.5 Å². The first-order valence-corrected chi connectivity index (χ1v) is 11.6. The van der Waals surface area contributed by atoms with Gasteiger partial charge in [0.25, 0.3) is 5.91 Å². The molecule has 0 saturated carbocycles. The molecule has 0 bridgehead atoms. The molecule has 1 unspecified atom stereocenters. The number of carbonyl (C=O) groups is 1. The highest BCUT2D eigenvalue weighted by Crippen LogP contribution is 2.18. The van der Waals surface area contributed by atoms with Gasteiger partial charge >= 0.3 is 0 Å². The predicted molar refractivity (Wildman–Crippen MR) is 122 cm³/mol. The lowest BCUT2D eigenvalue weighted by Gasteiger charge is -2.30. The second-order valence-electron chi connectivity index (χ2n) is 8.84. The van der Waals surface area contributed by atoms with Crippen LogP contribution in [0.2, 0.25) is 0 Å². The van der Waals surface area contributed by atoms with Crippen LogP contribution in [0.4, 0.5) is 0 Å².